The van der Waals surface area contributed by atoms with Crippen LogP contribution in [0.25, 0.3) is 0 Å². The number of aliphatic hydroxyl groups is 1. The fourth-order valence-electron chi connectivity index (χ4n) is 3.42. The molecule has 0 aromatic heterocycles. The first-order chi connectivity index (χ1) is 15.6. The predicted molar refractivity (Wildman–Crippen MR) is 135 cm³/mol. The van der Waals surface area contributed by atoms with Crippen molar-refractivity contribution in [1.82, 2.24) is 0 Å². The highest BCUT2D eigenvalue weighted by Gasteiger charge is 2.24. The van der Waals surface area contributed by atoms with Gasteiger partial charge in [0.15, 0.2) is 6.10 Å². The van der Waals surface area contributed by atoms with E-state index in [1.165, 1.54) is 19.3 Å². The van der Waals surface area contributed by atoms with Crippen LogP contribution in [-0.4, -0.2) is 66.5 Å². The molecule has 0 aliphatic rings. The Bertz CT molecular complexity index is 604. The number of carbonyl (C=O) groups excluding carboxylic acids is 1. The van der Waals surface area contributed by atoms with Crippen LogP contribution in [0.3, 0.4) is 0 Å². The molecular formula is C27H48NO5+. The molecule has 0 saturated heterocycles. The number of quaternary nitrogens is 1. The third-order valence-corrected chi connectivity index (χ3v) is 5.08. The number of aliphatic hydroxyl groups excluding tert-OH is 1. The molecule has 0 aromatic carbocycles. The molecule has 0 bridgehead atoms. The normalized spacial score (nSPS) is 14.3. The molecule has 0 aromatic rings. The van der Waals surface area contributed by atoms with Crippen molar-refractivity contribution in [3.05, 3.63) is 36.5 Å². The van der Waals surface area contributed by atoms with Crippen molar-refractivity contribution in [3.8, 4) is 0 Å². The molecule has 0 fully saturated rings. The fraction of sp³-hybridized carbons (Fsp3) is 0.704. The smallest absolute Gasteiger partial charge is 0.307 e. The molecule has 0 spiro atoms. The lowest BCUT2D eigenvalue weighted by Crippen LogP contribution is -2.43. The van der Waals surface area contributed by atoms with Crippen LogP contribution >= 0.6 is 0 Å². The lowest BCUT2D eigenvalue weighted by atomic mass is 10.1. The number of unbranched alkanes of at least 4 members (excludes halogenated alkanes) is 6. The minimum absolute atomic E-state index is 0.169. The van der Waals surface area contributed by atoms with Gasteiger partial charge in [-0.3, -0.25) is 9.59 Å². The van der Waals surface area contributed by atoms with Crippen molar-refractivity contribution in [2.45, 2.75) is 96.2 Å². The zero-order valence-electron chi connectivity index (χ0n) is 21.4. The van der Waals surface area contributed by atoms with Crippen molar-refractivity contribution in [2.75, 3.05) is 27.7 Å². The number of hydrogen-bond donors (Lipinski definition) is 2. The van der Waals surface area contributed by atoms with Gasteiger partial charge in [0.2, 0.25) is 0 Å². The first-order valence-corrected chi connectivity index (χ1v) is 12.5. The highest BCUT2D eigenvalue weighted by atomic mass is 16.5. The maximum atomic E-state index is 12.1. The number of carboxylic acids is 1. The molecule has 0 radical (unpaired) electrons. The van der Waals surface area contributed by atoms with Crippen molar-refractivity contribution < 1.29 is 29.0 Å². The molecule has 0 amide bonds. The largest absolute Gasteiger partial charge is 0.481 e. The molecule has 6 nitrogen and oxygen atoms in total. The van der Waals surface area contributed by atoms with Crippen molar-refractivity contribution in [2.24, 2.45) is 0 Å². The van der Waals surface area contributed by atoms with Crippen LogP contribution in [-0.2, 0) is 14.3 Å². The minimum Gasteiger partial charge on any atom is -0.481 e. The molecule has 190 valence electrons. The summed E-state index contributed by atoms with van der Waals surface area (Å²) >= 11 is 0. The van der Waals surface area contributed by atoms with Gasteiger partial charge in [-0.25, -0.2) is 0 Å². The van der Waals surface area contributed by atoms with Gasteiger partial charge in [-0.15, -0.1) is 0 Å². The molecule has 2 unspecified atom stereocenters. The van der Waals surface area contributed by atoms with Crippen LogP contribution in [0.1, 0.15) is 84.0 Å². The maximum absolute atomic E-state index is 12.1. The van der Waals surface area contributed by atoms with E-state index in [0.717, 1.165) is 32.1 Å². The summed E-state index contributed by atoms with van der Waals surface area (Å²) in [5.41, 5.74) is 0. The average Bonchev–Trinajstić information content (AvgIpc) is 2.70. The van der Waals surface area contributed by atoms with Gasteiger partial charge in [-0.1, -0.05) is 75.5 Å². The second-order valence-electron chi connectivity index (χ2n) is 9.72. The van der Waals surface area contributed by atoms with E-state index >= 15 is 0 Å². The molecule has 33 heavy (non-hydrogen) atoms. The Labute approximate surface area is 201 Å². The monoisotopic (exact) mass is 466 g/mol. The quantitative estimate of drug-likeness (QED) is 0.0823. The molecule has 0 saturated carbocycles. The van der Waals surface area contributed by atoms with E-state index in [-0.39, 0.29) is 12.4 Å². The van der Waals surface area contributed by atoms with E-state index in [2.05, 4.69) is 25.2 Å². The number of rotatable bonds is 20. The number of nitrogens with zero attached hydrogens (tertiary/aromatic N) is 1. The molecule has 0 aliphatic heterocycles. The number of allylic oxidation sites excluding steroid dienone is 5. The first kappa shape index (κ1) is 31.1. The van der Waals surface area contributed by atoms with Crippen LogP contribution in [0.15, 0.2) is 36.5 Å². The highest BCUT2D eigenvalue weighted by molar-refractivity contribution is 5.71. The molecule has 0 heterocycles. The zero-order chi connectivity index (χ0) is 25.0. The van der Waals surface area contributed by atoms with E-state index in [4.69, 9.17) is 9.84 Å². The van der Waals surface area contributed by atoms with Gasteiger partial charge in [0.05, 0.1) is 33.7 Å². The number of carbonyl (C=O) groups is 2. The van der Waals surface area contributed by atoms with Gasteiger partial charge in [0, 0.05) is 6.42 Å². The molecule has 2 atom stereocenters. The Morgan fingerprint density at radius 2 is 1.67 bits per heavy atom. The topological polar surface area (TPSA) is 83.8 Å². The van der Waals surface area contributed by atoms with Crippen LogP contribution in [0, 0.1) is 0 Å². The molecule has 0 rings (SSSR count). The summed E-state index contributed by atoms with van der Waals surface area (Å²) < 4.78 is 5.92. The molecular weight excluding hydrogens is 418 g/mol. The summed E-state index contributed by atoms with van der Waals surface area (Å²) in [4.78, 5) is 23.1. The molecule has 0 aliphatic carbocycles. The fourth-order valence-corrected chi connectivity index (χ4v) is 3.42. The summed E-state index contributed by atoms with van der Waals surface area (Å²) in [5, 5.41) is 19.0. The first-order valence-electron chi connectivity index (χ1n) is 12.5. The van der Waals surface area contributed by atoms with Gasteiger partial charge in [0.25, 0.3) is 0 Å². The minimum atomic E-state index is -0.959. The van der Waals surface area contributed by atoms with E-state index in [9.17, 15) is 14.7 Å². The van der Waals surface area contributed by atoms with Crippen LogP contribution < -0.4 is 0 Å². The molecule has 2 N–H and O–H groups in total. The van der Waals surface area contributed by atoms with E-state index in [1.54, 1.807) is 0 Å². The number of aliphatic carboxylic acids is 1. The van der Waals surface area contributed by atoms with Crippen LogP contribution in [0.5, 0.6) is 0 Å². The number of ether oxygens (including phenoxy) is 1. The highest BCUT2D eigenvalue weighted by Crippen LogP contribution is 2.11. The SMILES string of the molecule is CCCCC/C=C/C/C=C/C=C/C(O)CCCCCCC(=O)OC(CC(=O)O)C[N+](C)(C)C. The molecule has 6 heteroatoms. The summed E-state index contributed by atoms with van der Waals surface area (Å²) in [6.07, 6.45) is 21.3. The van der Waals surface area contributed by atoms with Crippen molar-refractivity contribution in [3.63, 3.8) is 0 Å². The number of hydrogen-bond acceptors (Lipinski definition) is 4. The van der Waals surface area contributed by atoms with Gasteiger partial charge in [0.1, 0.15) is 6.54 Å². The van der Waals surface area contributed by atoms with Crippen LogP contribution in [0.2, 0.25) is 0 Å². The third-order valence-electron chi connectivity index (χ3n) is 5.08. The van der Waals surface area contributed by atoms with Gasteiger partial charge < -0.3 is 19.4 Å². The third kappa shape index (κ3) is 23.0. The lowest BCUT2D eigenvalue weighted by molar-refractivity contribution is -0.873. The van der Waals surface area contributed by atoms with Crippen LogP contribution in [0.4, 0.5) is 0 Å². The Morgan fingerprint density at radius 3 is 2.33 bits per heavy atom. The van der Waals surface area contributed by atoms with Gasteiger partial charge in [-0.2, -0.15) is 0 Å². The van der Waals surface area contributed by atoms with E-state index in [1.807, 2.05) is 39.4 Å². The van der Waals surface area contributed by atoms with Gasteiger partial charge >= 0.3 is 11.9 Å². The Kier molecular flexibility index (Phi) is 18.4. The maximum Gasteiger partial charge on any atom is 0.307 e. The standard InChI is InChI=1S/C27H47NO5/c1-5-6-7-8-9-10-11-12-13-16-19-24(29)20-17-14-15-18-21-27(32)33-25(22-26(30)31)23-28(2,3)4/h9-10,12-13,16,19,24-25,29H,5-8,11,14-15,17-18,20-23H2,1-4H3/p+1/b10-9+,13-12+,19-16+. The van der Waals surface area contributed by atoms with Crippen molar-refractivity contribution >= 4 is 11.9 Å². The van der Waals surface area contributed by atoms with E-state index in [0.29, 0.717) is 30.3 Å². The summed E-state index contributed by atoms with van der Waals surface area (Å²) in [6.45, 7) is 2.68. The Hall–Kier alpha value is -1.92. The van der Waals surface area contributed by atoms with E-state index < -0.39 is 18.2 Å². The second-order valence-corrected chi connectivity index (χ2v) is 9.72. The number of esters is 1. The number of likely N-dealkylation sites (N-methyl/N-ethyl adjacent to an activating group) is 1. The Morgan fingerprint density at radius 1 is 0.939 bits per heavy atom. The number of carboxylic acid groups (broad SMARTS) is 1. The predicted octanol–water partition coefficient (Wildman–Crippen LogP) is 5.42. The lowest BCUT2D eigenvalue weighted by Gasteiger charge is -2.28. The average molecular weight is 467 g/mol. The van der Waals surface area contributed by atoms with Crippen molar-refractivity contribution in [1.29, 1.82) is 0 Å². The van der Waals surface area contributed by atoms with Gasteiger partial charge in [-0.05, 0) is 32.1 Å². The summed E-state index contributed by atoms with van der Waals surface area (Å²) in [5.74, 6) is -1.29. The second kappa shape index (κ2) is 19.5. The Balaban J connectivity index is 3.88. The summed E-state index contributed by atoms with van der Waals surface area (Å²) in [6, 6.07) is 0. The zero-order valence-corrected chi connectivity index (χ0v) is 21.4. The summed E-state index contributed by atoms with van der Waals surface area (Å²) in [7, 11) is 5.82.